The van der Waals surface area contributed by atoms with E-state index in [9.17, 15) is 0 Å². The standard InChI is InChI=1S/C16H23N5O/c1-4-20-7-9-21(10-8-20)14-6-5-13(11-17-14)16-18-15(12(2)3)19-22-16/h5-6,11-12H,4,7-10H2,1-3H3. The first kappa shape index (κ1) is 15.0. The van der Waals surface area contributed by atoms with Crippen molar-refractivity contribution in [1.29, 1.82) is 0 Å². The summed E-state index contributed by atoms with van der Waals surface area (Å²) in [5.41, 5.74) is 0.871. The van der Waals surface area contributed by atoms with Crippen LogP contribution in [0.25, 0.3) is 11.5 Å². The average Bonchev–Trinajstić information content (AvgIpc) is 3.05. The molecule has 0 aromatic carbocycles. The van der Waals surface area contributed by atoms with Crippen LogP contribution in [-0.2, 0) is 0 Å². The highest BCUT2D eigenvalue weighted by molar-refractivity contribution is 5.54. The van der Waals surface area contributed by atoms with Gasteiger partial charge in [0, 0.05) is 38.3 Å². The van der Waals surface area contributed by atoms with Crippen LogP contribution in [0.4, 0.5) is 5.82 Å². The van der Waals surface area contributed by atoms with Crippen LogP contribution in [0.5, 0.6) is 0 Å². The average molecular weight is 301 g/mol. The molecule has 0 saturated carbocycles. The zero-order chi connectivity index (χ0) is 15.5. The fraction of sp³-hybridized carbons (Fsp3) is 0.562. The lowest BCUT2D eigenvalue weighted by molar-refractivity contribution is 0.270. The second kappa shape index (κ2) is 6.44. The van der Waals surface area contributed by atoms with E-state index in [4.69, 9.17) is 4.52 Å². The summed E-state index contributed by atoms with van der Waals surface area (Å²) >= 11 is 0. The Morgan fingerprint density at radius 2 is 1.95 bits per heavy atom. The second-order valence-electron chi connectivity index (χ2n) is 5.94. The van der Waals surface area contributed by atoms with Gasteiger partial charge in [-0.25, -0.2) is 4.98 Å². The van der Waals surface area contributed by atoms with Gasteiger partial charge in [0.1, 0.15) is 5.82 Å². The fourth-order valence-corrected chi connectivity index (χ4v) is 2.58. The molecule has 3 rings (SSSR count). The lowest BCUT2D eigenvalue weighted by atomic mass is 10.2. The third kappa shape index (κ3) is 3.11. The molecule has 0 radical (unpaired) electrons. The van der Waals surface area contributed by atoms with Crippen LogP contribution in [0.1, 0.15) is 32.5 Å². The summed E-state index contributed by atoms with van der Waals surface area (Å²) in [5.74, 6) is 2.55. The minimum absolute atomic E-state index is 0.264. The molecule has 0 amide bonds. The summed E-state index contributed by atoms with van der Waals surface area (Å²) in [6.07, 6.45) is 1.82. The maximum atomic E-state index is 5.30. The van der Waals surface area contributed by atoms with Gasteiger partial charge in [-0.2, -0.15) is 4.98 Å². The van der Waals surface area contributed by atoms with Crippen LogP contribution in [0, 0.1) is 0 Å². The number of pyridine rings is 1. The molecule has 6 heteroatoms. The molecule has 0 aliphatic carbocycles. The fourth-order valence-electron chi connectivity index (χ4n) is 2.58. The van der Waals surface area contributed by atoms with Gasteiger partial charge in [-0.15, -0.1) is 0 Å². The number of likely N-dealkylation sites (N-methyl/N-ethyl adjacent to an activating group) is 1. The van der Waals surface area contributed by atoms with Crippen molar-refractivity contribution in [3.8, 4) is 11.5 Å². The number of hydrogen-bond acceptors (Lipinski definition) is 6. The van der Waals surface area contributed by atoms with E-state index in [1.807, 2.05) is 32.2 Å². The predicted octanol–water partition coefficient (Wildman–Crippen LogP) is 2.40. The maximum absolute atomic E-state index is 5.30. The molecule has 1 saturated heterocycles. The molecule has 1 aliphatic heterocycles. The Bertz CT molecular complexity index is 599. The molecule has 3 heterocycles. The summed E-state index contributed by atoms with van der Waals surface area (Å²) in [7, 11) is 0. The highest BCUT2D eigenvalue weighted by Gasteiger charge is 2.17. The first-order valence-corrected chi connectivity index (χ1v) is 7.94. The summed E-state index contributed by atoms with van der Waals surface area (Å²) < 4.78 is 5.30. The molecule has 6 nitrogen and oxygen atoms in total. The third-order valence-electron chi connectivity index (χ3n) is 4.10. The summed E-state index contributed by atoms with van der Waals surface area (Å²) in [4.78, 5) is 13.7. The predicted molar refractivity (Wildman–Crippen MR) is 85.9 cm³/mol. The van der Waals surface area contributed by atoms with Crippen molar-refractivity contribution in [1.82, 2.24) is 20.0 Å². The lowest BCUT2D eigenvalue weighted by Crippen LogP contribution is -2.46. The van der Waals surface area contributed by atoms with Gasteiger partial charge >= 0.3 is 0 Å². The van der Waals surface area contributed by atoms with Crippen molar-refractivity contribution in [2.75, 3.05) is 37.6 Å². The van der Waals surface area contributed by atoms with Crippen molar-refractivity contribution in [3.63, 3.8) is 0 Å². The van der Waals surface area contributed by atoms with E-state index < -0.39 is 0 Å². The van der Waals surface area contributed by atoms with E-state index in [2.05, 4.69) is 31.8 Å². The second-order valence-corrected chi connectivity index (χ2v) is 5.94. The zero-order valence-corrected chi connectivity index (χ0v) is 13.5. The first-order valence-electron chi connectivity index (χ1n) is 7.94. The molecule has 118 valence electrons. The molecule has 2 aromatic rings. The number of aromatic nitrogens is 3. The number of hydrogen-bond donors (Lipinski definition) is 0. The van der Waals surface area contributed by atoms with Crippen molar-refractivity contribution in [3.05, 3.63) is 24.2 Å². The van der Waals surface area contributed by atoms with Gasteiger partial charge in [0.2, 0.25) is 0 Å². The van der Waals surface area contributed by atoms with Gasteiger partial charge in [-0.1, -0.05) is 25.9 Å². The SMILES string of the molecule is CCN1CCN(c2ccc(-c3nc(C(C)C)no3)cn2)CC1. The van der Waals surface area contributed by atoms with Crippen LogP contribution in [0.3, 0.4) is 0 Å². The molecule has 0 spiro atoms. The molecule has 0 N–H and O–H groups in total. The monoisotopic (exact) mass is 301 g/mol. The minimum Gasteiger partial charge on any atom is -0.354 e. The van der Waals surface area contributed by atoms with Gasteiger partial charge < -0.3 is 14.3 Å². The number of rotatable bonds is 4. The third-order valence-corrected chi connectivity index (χ3v) is 4.10. The lowest BCUT2D eigenvalue weighted by Gasteiger charge is -2.34. The molecule has 1 aliphatic rings. The Balaban J connectivity index is 1.70. The van der Waals surface area contributed by atoms with Gasteiger partial charge in [-0.3, -0.25) is 0 Å². The quantitative estimate of drug-likeness (QED) is 0.864. The normalized spacial score (nSPS) is 16.5. The van der Waals surface area contributed by atoms with E-state index in [0.717, 1.165) is 49.9 Å². The van der Waals surface area contributed by atoms with Crippen LogP contribution >= 0.6 is 0 Å². The molecule has 0 bridgehead atoms. The Kier molecular flexibility index (Phi) is 4.38. The van der Waals surface area contributed by atoms with Gasteiger partial charge in [0.15, 0.2) is 5.82 Å². The minimum atomic E-state index is 0.264. The Labute approximate surface area is 131 Å². The Morgan fingerprint density at radius 1 is 1.18 bits per heavy atom. The number of nitrogens with zero attached hydrogens (tertiary/aromatic N) is 5. The van der Waals surface area contributed by atoms with Crippen LogP contribution in [0.15, 0.2) is 22.9 Å². The molecule has 22 heavy (non-hydrogen) atoms. The summed E-state index contributed by atoms with van der Waals surface area (Å²) in [6, 6.07) is 4.04. The number of piperazine rings is 1. The van der Waals surface area contributed by atoms with E-state index in [1.54, 1.807) is 0 Å². The van der Waals surface area contributed by atoms with E-state index >= 15 is 0 Å². The highest BCUT2D eigenvalue weighted by Crippen LogP contribution is 2.22. The van der Waals surface area contributed by atoms with Crippen molar-refractivity contribution < 1.29 is 4.52 Å². The number of anilines is 1. The van der Waals surface area contributed by atoms with Gasteiger partial charge in [0.05, 0.1) is 5.56 Å². The van der Waals surface area contributed by atoms with Crippen molar-refractivity contribution >= 4 is 5.82 Å². The molecule has 0 unspecified atom stereocenters. The maximum Gasteiger partial charge on any atom is 0.259 e. The molecule has 1 fully saturated rings. The molecular formula is C16H23N5O. The highest BCUT2D eigenvalue weighted by atomic mass is 16.5. The molecule has 0 atom stereocenters. The van der Waals surface area contributed by atoms with Crippen LogP contribution in [-0.4, -0.2) is 52.7 Å². The van der Waals surface area contributed by atoms with E-state index in [-0.39, 0.29) is 5.92 Å². The van der Waals surface area contributed by atoms with Crippen molar-refractivity contribution in [2.24, 2.45) is 0 Å². The van der Waals surface area contributed by atoms with Gasteiger partial charge in [-0.05, 0) is 18.7 Å². The molecule has 2 aromatic heterocycles. The van der Waals surface area contributed by atoms with Crippen molar-refractivity contribution in [2.45, 2.75) is 26.7 Å². The first-order chi connectivity index (χ1) is 10.7. The Hall–Kier alpha value is -1.95. The summed E-state index contributed by atoms with van der Waals surface area (Å²) in [6.45, 7) is 11.7. The van der Waals surface area contributed by atoms with Gasteiger partial charge in [0.25, 0.3) is 5.89 Å². The van der Waals surface area contributed by atoms with Crippen LogP contribution < -0.4 is 4.90 Å². The van der Waals surface area contributed by atoms with E-state index in [0.29, 0.717) is 5.89 Å². The smallest absolute Gasteiger partial charge is 0.259 e. The topological polar surface area (TPSA) is 58.3 Å². The largest absolute Gasteiger partial charge is 0.354 e. The van der Waals surface area contributed by atoms with Crippen LogP contribution in [0.2, 0.25) is 0 Å². The Morgan fingerprint density at radius 3 is 2.50 bits per heavy atom. The zero-order valence-electron chi connectivity index (χ0n) is 13.5. The molecular weight excluding hydrogens is 278 g/mol. The van der Waals surface area contributed by atoms with E-state index in [1.165, 1.54) is 0 Å². The summed E-state index contributed by atoms with van der Waals surface area (Å²) in [5, 5.41) is 3.99.